The Labute approximate surface area is 165 Å². The first-order chi connectivity index (χ1) is 12.4. The van der Waals surface area contributed by atoms with Crippen molar-refractivity contribution in [3.63, 3.8) is 0 Å². The summed E-state index contributed by atoms with van der Waals surface area (Å²) in [7, 11) is -1.30. The van der Waals surface area contributed by atoms with Crippen molar-refractivity contribution in [1.82, 2.24) is 14.9 Å². The van der Waals surface area contributed by atoms with E-state index in [9.17, 15) is 8.42 Å². The Bertz CT molecular complexity index is 687. The molecule has 0 unspecified atom stereocenters. The fourth-order valence-corrected chi connectivity index (χ4v) is 4.54. The van der Waals surface area contributed by atoms with Gasteiger partial charge >= 0.3 is 0 Å². The first kappa shape index (κ1) is 21.3. The Morgan fingerprint density at radius 1 is 1.27 bits per heavy atom. The van der Waals surface area contributed by atoms with Gasteiger partial charge in [-0.1, -0.05) is 11.6 Å². The van der Waals surface area contributed by atoms with Gasteiger partial charge in [-0.05, 0) is 43.0 Å². The number of thioether (sulfide) groups is 1. The number of sulfonamides is 1. The zero-order chi connectivity index (χ0) is 19.0. The second kappa shape index (κ2) is 10.4. The van der Waals surface area contributed by atoms with Gasteiger partial charge in [-0.15, -0.1) is 11.8 Å². The van der Waals surface area contributed by atoms with Crippen LogP contribution in [0.2, 0.25) is 5.02 Å². The SMILES string of the molecule is CN=C(NCCSc1ccc(Cl)cc1)NCC1CCN(S(C)(=O)=O)CC1. The maximum atomic E-state index is 11.5. The molecule has 1 saturated heterocycles. The van der Waals surface area contributed by atoms with Crippen LogP contribution in [0.5, 0.6) is 0 Å². The largest absolute Gasteiger partial charge is 0.356 e. The highest BCUT2D eigenvalue weighted by molar-refractivity contribution is 7.99. The Hall–Kier alpha value is -0.960. The Balaban J connectivity index is 1.63. The van der Waals surface area contributed by atoms with Crippen molar-refractivity contribution in [3.05, 3.63) is 29.3 Å². The molecule has 1 fully saturated rings. The van der Waals surface area contributed by atoms with Crippen LogP contribution in [-0.4, -0.2) is 63.9 Å². The van der Waals surface area contributed by atoms with E-state index >= 15 is 0 Å². The lowest BCUT2D eigenvalue weighted by Crippen LogP contribution is -2.44. The normalized spacial score (nSPS) is 17.3. The fourth-order valence-electron chi connectivity index (χ4n) is 2.78. The molecule has 2 N–H and O–H groups in total. The lowest BCUT2D eigenvalue weighted by molar-refractivity contribution is 0.275. The molecule has 0 saturated carbocycles. The topological polar surface area (TPSA) is 73.8 Å². The highest BCUT2D eigenvalue weighted by Gasteiger charge is 2.24. The molecule has 1 aromatic carbocycles. The fraction of sp³-hybridized carbons (Fsp3) is 0.588. The predicted molar refractivity (Wildman–Crippen MR) is 111 cm³/mol. The van der Waals surface area contributed by atoms with E-state index < -0.39 is 10.0 Å². The van der Waals surface area contributed by atoms with Gasteiger partial charge in [0.25, 0.3) is 0 Å². The van der Waals surface area contributed by atoms with Gasteiger partial charge < -0.3 is 10.6 Å². The lowest BCUT2D eigenvalue weighted by atomic mass is 9.98. The van der Waals surface area contributed by atoms with Gasteiger partial charge in [0, 0.05) is 48.9 Å². The van der Waals surface area contributed by atoms with Gasteiger partial charge in [0.1, 0.15) is 0 Å². The summed E-state index contributed by atoms with van der Waals surface area (Å²) < 4.78 is 24.6. The van der Waals surface area contributed by atoms with Crippen LogP contribution in [0.1, 0.15) is 12.8 Å². The zero-order valence-electron chi connectivity index (χ0n) is 15.2. The number of guanidine groups is 1. The van der Waals surface area contributed by atoms with Crippen LogP contribution in [0.15, 0.2) is 34.2 Å². The number of hydrogen-bond donors (Lipinski definition) is 2. The number of hydrogen-bond acceptors (Lipinski definition) is 4. The molecule has 6 nitrogen and oxygen atoms in total. The van der Waals surface area contributed by atoms with Gasteiger partial charge in [-0.3, -0.25) is 4.99 Å². The van der Waals surface area contributed by atoms with Crippen molar-refractivity contribution in [1.29, 1.82) is 0 Å². The summed E-state index contributed by atoms with van der Waals surface area (Å²) in [5.41, 5.74) is 0. The predicted octanol–water partition coefficient (Wildman–Crippen LogP) is 2.27. The van der Waals surface area contributed by atoms with Gasteiger partial charge in [0.15, 0.2) is 5.96 Å². The van der Waals surface area contributed by atoms with Gasteiger partial charge in [0.05, 0.1) is 6.26 Å². The third-order valence-corrected chi connectivity index (χ3v) is 6.87. The molecular formula is C17H27ClN4O2S2. The molecule has 0 bridgehead atoms. The minimum Gasteiger partial charge on any atom is -0.356 e. The van der Waals surface area contributed by atoms with E-state index in [2.05, 4.69) is 15.6 Å². The van der Waals surface area contributed by atoms with Gasteiger partial charge in [0.2, 0.25) is 10.0 Å². The zero-order valence-corrected chi connectivity index (χ0v) is 17.6. The molecule has 1 aromatic rings. The van der Waals surface area contributed by atoms with Crippen LogP contribution in [0, 0.1) is 5.92 Å². The van der Waals surface area contributed by atoms with Crippen LogP contribution in [0.25, 0.3) is 0 Å². The van der Waals surface area contributed by atoms with Crippen molar-refractivity contribution in [2.75, 3.05) is 45.2 Å². The maximum absolute atomic E-state index is 11.5. The van der Waals surface area contributed by atoms with Crippen LogP contribution < -0.4 is 10.6 Å². The summed E-state index contributed by atoms with van der Waals surface area (Å²) in [4.78, 5) is 5.44. The van der Waals surface area contributed by atoms with E-state index in [1.165, 1.54) is 11.2 Å². The van der Waals surface area contributed by atoms with Crippen molar-refractivity contribution in [2.45, 2.75) is 17.7 Å². The number of aliphatic imine (C=N–C) groups is 1. The van der Waals surface area contributed by atoms with Crippen LogP contribution in [0.4, 0.5) is 0 Å². The molecule has 0 amide bonds. The Morgan fingerprint density at radius 3 is 2.50 bits per heavy atom. The summed E-state index contributed by atoms with van der Waals surface area (Å²) in [5, 5.41) is 7.40. The van der Waals surface area contributed by atoms with E-state index in [4.69, 9.17) is 11.6 Å². The van der Waals surface area contributed by atoms with E-state index in [1.54, 1.807) is 23.1 Å². The van der Waals surface area contributed by atoms with E-state index in [0.29, 0.717) is 19.0 Å². The molecule has 26 heavy (non-hydrogen) atoms. The molecule has 0 atom stereocenters. The van der Waals surface area contributed by atoms with E-state index in [0.717, 1.165) is 42.7 Å². The monoisotopic (exact) mass is 418 g/mol. The second-order valence-electron chi connectivity index (χ2n) is 6.29. The van der Waals surface area contributed by atoms with Crippen molar-refractivity contribution in [3.8, 4) is 0 Å². The number of benzene rings is 1. The molecule has 0 radical (unpaired) electrons. The molecule has 0 spiro atoms. The number of nitrogens with one attached hydrogen (secondary N) is 2. The standard InChI is InChI=1S/C17H27ClN4O2S2/c1-19-17(20-9-12-25-16-5-3-15(18)4-6-16)21-13-14-7-10-22(11-8-14)26(2,23)24/h3-6,14H,7-13H2,1-2H3,(H2,19,20,21). The molecular weight excluding hydrogens is 392 g/mol. The smallest absolute Gasteiger partial charge is 0.211 e. The highest BCUT2D eigenvalue weighted by atomic mass is 35.5. The lowest BCUT2D eigenvalue weighted by Gasteiger charge is -2.30. The first-order valence-electron chi connectivity index (χ1n) is 8.66. The number of nitrogens with zero attached hydrogens (tertiary/aromatic N) is 2. The molecule has 2 rings (SSSR count). The average Bonchev–Trinajstić information content (AvgIpc) is 2.62. The summed E-state index contributed by atoms with van der Waals surface area (Å²) in [6.07, 6.45) is 3.03. The highest BCUT2D eigenvalue weighted by Crippen LogP contribution is 2.20. The Morgan fingerprint density at radius 2 is 1.92 bits per heavy atom. The minimum absolute atomic E-state index is 0.468. The molecule has 146 valence electrons. The second-order valence-corrected chi connectivity index (χ2v) is 9.87. The van der Waals surface area contributed by atoms with Gasteiger partial charge in [-0.2, -0.15) is 0 Å². The Kier molecular flexibility index (Phi) is 8.53. The summed E-state index contributed by atoms with van der Waals surface area (Å²) >= 11 is 7.65. The number of halogens is 1. The van der Waals surface area contributed by atoms with Crippen LogP contribution in [0.3, 0.4) is 0 Å². The molecule has 9 heteroatoms. The molecule has 1 aliphatic rings. The molecule has 0 aliphatic carbocycles. The van der Waals surface area contributed by atoms with Crippen molar-refractivity contribution >= 4 is 39.3 Å². The summed E-state index contributed by atoms with van der Waals surface area (Å²) in [6.45, 7) is 2.82. The molecule has 1 heterocycles. The van der Waals surface area contributed by atoms with Gasteiger partial charge in [-0.25, -0.2) is 12.7 Å². The maximum Gasteiger partial charge on any atom is 0.211 e. The summed E-state index contributed by atoms with van der Waals surface area (Å²) in [5.74, 6) is 2.18. The summed E-state index contributed by atoms with van der Waals surface area (Å²) in [6, 6.07) is 7.83. The van der Waals surface area contributed by atoms with Crippen molar-refractivity contribution < 1.29 is 8.42 Å². The van der Waals surface area contributed by atoms with Crippen LogP contribution in [-0.2, 0) is 10.0 Å². The third-order valence-electron chi connectivity index (χ3n) is 4.30. The molecule has 1 aliphatic heterocycles. The van der Waals surface area contributed by atoms with Crippen LogP contribution >= 0.6 is 23.4 Å². The average molecular weight is 419 g/mol. The van der Waals surface area contributed by atoms with E-state index in [-0.39, 0.29) is 0 Å². The number of piperidine rings is 1. The number of rotatable bonds is 7. The van der Waals surface area contributed by atoms with Crippen molar-refractivity contribution in [2.24, 2.45) is 10.9 Å². The minimum atomic E-state index is -3.06. The quantitative estimate of drug-likeness (QED) is 0.307. The van der Waals surface area contributed by atoms with E-state index in [1.807, 2.05) is 24.3 Å². The first-order valence-corrected chi connectivity index (χ1v) is 11.9. The molecule has 0 aromatic heterocycles. The third kappa shape index (κ3) is 7.34.